The van der Waals surface area contributed by atoms with Gasteiger partial charge < -0.3 is 10.1 Å². The Morgan fingerprint density at radius 3 is 2.45 bits per heavy atom. The number of nitrogens with zero attached hydrogens (tertiary/aromatic N) is 1. The van der Waals surface area contributed by atoms with Gasteiger partial charge in [-0.2, -0.15) is 0 Å². The molecule has 6 nitrogen and oxygen atoms in total. The van der Waals surface area contributed by atoms with E-state index in [9.17, 15) is 22.0 Å². The molecule has 9 heteroatoms. The first-order valence-corrected chi connectivity index (χ1v) is 11.0. The Morgan fingerprint density at radius 2 is 1.71 bits per heavy atom. The Morgan fingerprint density at radius 1 is 1.00 bits per heavy atom. The van der Waals surface area contributed by atoms with E-state index in [1.165, 1.54) is 6.07 Å². The number of rotatable bonds is 5. The Kier molecular flexibility index (Phi) is 5.60. The molecule has 1 unspecified atom stereocenters. The fourth-order valence-electron chi connectivity index (χ4n) is 3.26. The first-order valence-electron chi connectivity index (χ1n) is 9.39. The second-order valence-corrected chi connectivity index (χ2v) is 8.86. The van der Waals surface area contributed by atoms with Gasteiger partial charge in [-0.15, -0.1) is 0 Å². The summed E-state index contributed by atoms with van der Waals surface area (Å²) >= 11 is 0. The normalized spacial score (nSPS) is 15.7. The topological polar surface area (TPSA) is 75.7 Å². The van der Waals surface area contributed by atoms with E-state index < -0.39 is 33.7 Å². The first-order chi connectivity index (χ1) is 14.8. The number of para-hydroxylation sites is 2. The highest BCUT2D eigenvalue weighted by molar-refractivity contribution is 7.92. The number of amides is 1. The Labute approximate surface area is 178 Å². The van der Waals surface area contributed by atoms with E-state index in [1.807, 2.05) is 0 Å². The standard InChI is InChI=1S/C22H18F2N2O4S/c23-17-11-10-16(12-18(17)24)25-22(27)21-13-26(19-8-4-5-9-20(19)30-21)31(28,29)14-15-6-2-1-3-7-15/h1-12,21H,13-14H2,(H,25,27). The van der Waals surface area contributed by atoms with Crippen LogP contribution < -0.4 is 14.4 Å². The number of ether oxygens (including phenoxy) is 1. The van der Waals surface area contributed by atoms with Gasteiger partial charge in [0.2, 0.25) is 10.0 Å². The molecular formula is C22H18F2N2O4S. The molecule has 0 aliphatic carbocycles. The van der Waals surface area contributed by atoms with Crippen LogP contribution in [0.1, 0.15) is 5.56 Å². The molecule has 0 spiro atoms. The molecule has 0 saturated carbocycles. The number of hydrogen-bond donors (Lipinski definition) is 1. The molecular weight excluding hydrogens is 426 g/mol. The van der Waals surface area contributed by atoms with E-state index in [1.54, 1.807) is 54.6 Å². The summed E-state index contributed by atoms with van der Waals surface area (Å²) in [5.74, 6) is -2.85. The minimum absolute atomic E-state index is 0.0325. The Hall–Kier alpha value is -3.46. The summed E-state index contributed by atoms with van der Waals surface area (Å²) in [5, 5.41) is 2.44. The molecule has 1 atom stereocenters. The van der Waals surface area contributed by atoms with E-state index in [2.05, 4.69) is 5.32 Å². The van der Waals surface area contributed by atoms with Crippen molar-refractivity contribution in [2.75, 3.05) is 16.2 Å². The van der Waals surface area contributed by atoms with Gasteiger partial charge in [-0.3, -0.25) is 9.10 Å². The van der Waals surface area contributed by atoms with Gasteiger partial charge in [0.15, 0.2) is 17.7 Å². The van der Waals surface area contributed by atoms with Crippen molar-refractivity contribution < 1.29 is 26.7 Å². The number of halogens is 2. The van der Waals surface area contributed by atoms with Gasteiger partial charge in [-0.05, 0) is 29.8 Å². The Balaban J connectivity index is 1.60. The molecule has 0 bridgehead atoms. The third-order valence-electron chi connectivity index (χ3n) is 4.74. The lowest BCUT2D eigenvalue weighted by atomic mass is 10.2. The van der Waals surface area contributed by atoms with Crippen molar-refractivity contribution in [2.24, 2.45) is 0 Å². The summed E-state index contributed by atoms with van der Waals surface area (Å²) in [6, 6.07) is 18.1. The fourth-order valence-corrected chi connectivity index (χ4v) is 4.84. The summed E-state index contributed by atoms with van der Waals surface area (Å²) in [7, 11) is -3.84. The molecule has 160 valence electrons. The third kappa shape index (κ3) is 4.51. The first kappa shape index (κ1) is 20.8. The molecule has 31 heavy (non-hydrogen) atoms. The van der Waals surface area contributed by atoms with Gasteiger partial charge in [0.1, 0.15) is 5.75 Å². The molecule has 1 aliphatic heterocycles. The van der Waals surface area contributed by atoms with Gasteiger partial charge in [0.05, 0.1) is 18.0 Å². The van der Waals surface area contributed by atoms with Crippen LogP contribution in [-0.4, -0.2) is 27.0 Å². The van der Waals surface area contributed by atoms with Crippen LogP contribution in [-0.2, 0) is 20.6 Å². The van der Waals surface area contributed by atoms with Crippen molar-refractivity contribution in [3.05, 3.63) is 90.0 Å². The molecule has 1 amide bonds. The highest BCUT2D eigenvalue weighted by atomic mass is 32.2. The number of carbonyl (C=O) groups excluding carboxylic acids is 1. The lowest BCUT2D eigenvalue weighted by Crippen LogP contribution is -2.49. The second kappa shape index (κ2) is 8.35. The highest BCUT2D eigenvalue weighted by Gasteiger charge is 2.36. The summed E-state index contributed by atoms with van der Waals surface area (Å²) < 4.78 is 59.8. The molecule has 1 N–H and O–H groups in total. The molecule has 3 aromatic rings. The van der Waals surface area contributed by atoms with Crippen LogP contribution in [0.2, 0.25) is 0 Å². The summed E-state index contributed by atoms with van der Waals surface area (Å²) in [6.45, 7) is -0.262. The number of benzene rings is 3. The van der Waals surface area contributed by atoms with Crippen LogP contribution in [0.25, 0.3) is 0 Å². The van der Waals surface area contributed by atoms with Crippen LogP contribution in [0.3, 0.4) is 0 Å². The average Bonchev–Trinajstić information content (AvgIpc) is 2.76. The van der Waals surface area contributed by atoms with Gasteiger partial charge in [-0.1, -0.05) is 42.5 Å². The molecule has 0 aromatic heterocycles. The minimum Gasteiger partial charge on any atom is -0.476 e. The number of fused-ring (bicyclic) bond motifs is 1. The number of hydrogen-bond acceptors (Lipinski definition) is 4. The van der Waals surface area contributed by atoms with Crippen molar-refractivity contribution >= 4 is 27.3 Å². The largest absolute Gasteiger partial charge is 0.476 e. The van der Waals surface area contributed by atoms with Gasteiger partial charge in [-0.25, -0.2) is 17.2 Å². The maximum Gasteiger partial charge on any atom is 0.267 e. The van der Waals surface area contributed by atoms with Crippen molar-refractivity contribution in [3.63, 3.8) is 0 Å². The predicted octanol–water partition coefficient (Wildman–Crippen LogP) is 3.70. The highest BCUT2D eigenvalue weighted by Crippen LogP contribution is 2.36. The molecule has 1 heterocycles. The summed E-state index contributed by atoms with van der Waals surface area (Å²) in [4.78, 5) is 12.7. The van der Waals surface area contributed by atoms with E-state index >= 15 is 0 Å². The average molecular weight is 444 g/mol. The second-order valence-electron chi connectivity index (χ2n) is 6.97. The number of carbonyl (C=O) groups is 1. The molecule has 0 radical (unpaired) electrons. The van der Waals surface area contributed by atoms with Crippen molar-refractivity contribution in [1.82, 2.24) is 0 Å². The van der Waals surface area contributed by atoms with E-state index in [0.717, 1.165) is 16.4 Å². The van der Waals surface area contributed by atoms with Crippen LogP contribution in [0.15, 0.2) is 72.8 Å². The van der Waals surface area contributed by atoms with Crippen LogP contribution in [0.5, 0.6) is 5.75 Å². The number of nitrogens with one attached hydrogen (secondary N) is 1. The van der Waals surface area contributed by atoms with E-state index in [0.29, 0.717) is 11.3 Å². The molecule has 0 fully saturated rings. The summed E-state index contributed by atoms with van der Waals surface area (Å²) in [5.41, 5.74) is 0.967. The zero-order chi connectivity index (χ0) is 22.0. The monoisotopic (exact) mass is 444 g/mol. The molecule has 1 aliphatic rings. The van der Waals surface area contributed by atoms with Gasteiger partial charge >= 0.3 is 0 Å². The van der Waals surface area contributed by atoms with E-state index in [4.69, 9.17) is 4.74 Å². The van der Waals surface area contributed by atoms with Crippen molar-refractivity contribution in [2.45, 2.75) is 11.9 Å². The maximum absolute atomic E-state index is 13.4. The number of anilines is 2. The lowest BCUT2D eigenvalue weighted by molar-refractivity contribution is -0.122. The smallest absolute Gasteiger partial charge is 0.267 e. The van der Waals surface area contributed by atoms with Crippen molar-refractivity contribution in [1.29, 1.82) is 0 Å². The molecule has 4 rings (SSSR count). The predicted molar refractivity (Wildman–Crippen MR) is 112 cm³/mol. The van der Waals surface area contributed by atoms with E-state index in [-0.39, 0.29) is 23.7 Å². The Bertz CT molecular complexity index is 1220. The van der Waals surface area contributed by atoms with Gasteiger partial charge in [0, 0.05) is 11.8 Å². The molecule has 0 saturated heterocycles. The third-order valence-corrected chi connectivity index (χ3v) is 6.46. The minimum atomic E-state index is -3.84. The number of sulfonamides is 1. The SMILES string of the molecule is O=C(Nc1ccc(F)c(F)c1)C1CN(S(=O)(=O)Cc2ccccc2)c2ccccc2O1. The molecule has 3 aromatic carbocycles. The quantitative estimate of drug-likeness (QED) is 0.651. The van der Waals surface area contributed by atoms with Gasteiger partial charge in [0.25, 0.3) is 5.91 Å². The fraction of sp³-hybridized carbons (Fsp3) is 0.136. The maximum atomic E-state index is 13.4. The van der Waals surface area contributed by atoms with Crippen LogP contribution >= 0.6 is 0 Å². The zero-order valence-corrected chi connectivity index (χ0v) is 17.0. The van der Waals surface area contributed by atoms with Crippen molar-refractivity contribution in [3.8, 4) is 5.75 Å². The lowest BCUT2D eigenvalue weighted by Gasteiger charge is -2.34. The zero-order valence-electron chi connectivity index (χ0n) is 16.2. The summed E-state index contributed by atoms with van der Waals surface area (Å²) in [6.07, 6.45) is -1.19. The van der Waals surface area contributed by atoms with Crippen LogP contribution in [0, 0.1) is 11.6 Å². The van der Waals surface area contributed by atoms with Crippen LogP contribution in [0.4, 0.5) is 20.2 Å².